The monoisotopic (exact) mass is 287 g/mol. The minimum absolute atomic E-state index is 0.208. The van der Waals surface area contributed by atoms with Crippen LogP contribution >= 0.6 is 0 Å². The second-order valence-electron chi connectivity index (χ2n) is 5.12. The van der Waals surface area contributed by atoms with E-state index in [9.17, 15) is 4.79 Å². The van der Waals surface area contributed by atoms with Crippen LogP contribution in [0, 0.1) is 5.92 Å². The van der Waals surface area contributed by atoms with Gasteiger partial charge in [0.25, 0.3) is 0 Å². The molecule has 1 aliphatic heterocycles. The van der Waals surface area contributed by atoms with Crippen molar-refractivity contribution in [3.05, 3.63) is 41.5 Å². The van der Waals surface area contributed by atoms with Gasteiger partial charge >= 0.3 is 0 Å². The van der Waals surface area contributed by atoms with Crippen molar-refractivity contribution in [2.45, 2.75) is 19.5 Å². The van der Waals surface area contributed by atoms with Crippen LogP contribution in [0.1, 0.15) is 17.3 Å². The largest absolute Gasteiger partial charge is 0.369 e. The molecular formula is C14H17N5O2. The number of fused-ring (bicyclic) bond motifs is 1. The van der Waals surface area contributed by atoms with Gasteiger partial charge in [0.05, 0.1) is 19.0 Å². The van der Waals surface area contributed by atoms with Gasteiger partial charge in [0.1, 0.15) is 0 Å². The number of hydrogen-bond acceptors (Lipinski definition) is 6. The summed E-state index contributed by atoms with van der Waals surface area (Å²) in [5.74, 6) is 0.461. The van der Waals surface area contributed by atoms with Crippen LogP contribution in [0.4, 0.5) is 5.69 Å². The lowest BCUT2D eigenvalue weighted by molar-refractivity contribution is -0.121. The van der Waals surface area contributed by atoms with Gasteiger partial charge in [0, 0.05) is 12.2 Å². The van der Waals surface area contributed by atoms with E-state index in [1.165, 1.54) is 0 Å². The van der Waals surface area contributed by atoms with Gasteiger partial charge in [-0.3, -0.25) is 4.79 Å². The molecule has 0 spiro atoms. The fourth-order valence-corrected chi connectivity index (χ4v) is 2.63. The summed E-state index contributed by atoms with van der Waals surface area (Å²) in [7, 11) is 0. The number of anilines is 1. The summed E-state index contributed by atoms with van der Waals surface area (Å²) in [5, 5.41) is 3.90. The molecule has 0 saturated carbocycles. The van der Waals surface area contributed by atoms with Crippen molar-refractivity contribution in [1.82, 2.24) is 10.1 Å². The van der Waals surface area contributed by atoms with Gasteiger partial charge in [0.2, 0.25) is 11.8 Å². The van der Waals surface area contributed by atoms with Crippen LogP contribution in [0.5, 0.6) is 0 Å². The number of carbonyl (C=O) groups is 1. The first-order valence-electron chi connectivity index (χ1n) is 6.81. The van der Waals surface area contributed by atoms with E-state index in [1.807, 2.05) is 24.3 Å². The first-order chi connectivity index (χ1) is 10.2. The van der Waals surface area contributed by atoms with Gasteiger partial charge < -0.3 is 20.9 Å². The molecule has 0 aliphatic carbocycles. The average Bonchev–Trinajstić information content (AvgIpc) is 2.94. The van der Waals surface area contributed by atoms with Crippen molar-refractivity contribution in [2.75, 3.05) is 11.4 Å². The number of aromatic nitrogens is 2. The molecule has 1 amide bonds. The smallest absolute Gasteiger partial charge is 0.240 e. The molecule has 1 unspecified atom stereocenters. The Morgan fingerprint density at radius 2 is 2.24 bits per heavy atom. The molecule has 7 nitrogen and oxygen atoms in total. The van der Waals surface area contributed by atoms with Crippen LogP contribution in [0.3, 0.4) is 0 Å². The maximum absolute atomic E-state index is 11.5. The molecule has 0 saturated heterocycles. The Labute approximate surface area is 121 Å². The van der Waals surface area contributed by atoms with Crippen LogP contribution in [-0.2, 0) is 24.3 Å². The lowest BCUT2D eigenvalue weighted by Gasteiger charge is -2.34. The Morgan fingerprint density at radius 3 is 2.95 bits per heavy atom. The number of nitrogens with two attached hydrogens (primary N) is 2. The zero-order valence-electron chi connectivity index (χ0n) is 11.5. The molecule has 4 N–H and O–H groups in total. The third kappa shape index (κ3) is 2.73. The van der Waals surface area contributed by atoms with E-state index in [2.05, 4.69) is 15.0 Å². The molecule has 1 aliphatic rings. The van der Waals surface area contributed by atoms with Crippen molar-refractivity contribution in [3.63, 3.8) is 0 Å². The predicted octanol–water partition coefficient (Wildman–Crippen LogP) is 0.192. The van der Waals surface area contributed by atoms with Gasteiger partial charge in [0.15, 0.2) is 5.82 Å². The van der Waals surface area contributed by atoms with Gasteiger partial charge in [-0.2, -0.15) is 4.98 Å². The Morgan fingerprint density at radius 1 is 1.43 bits per heavy atom. The predicted molar refractivity (Wildman–Crippen MR) is 76.1 cm³/mol. The van der Waals surface area contributed by atoms with E-state index in [0.29, 0.717) is 31.2 Å². The molecule has 110 valence electrons. The van der Waals surface area contributed by atoms with Gasteiger partial charge in [-0.25, -0.2) is 0 Å². The van der Waals surface area contributed by atoms with Crippen LogP contribution in [0.25, 0.3) is 0 Å². The highest BCUT2D eigenvalue weighted by Crippen LogP contribution is 2.30. The van der Waals surface area contributed by atoms with E-state index in [1.54, 1.807) is 0 Å². The lowest BCUT2D eigenvalue weighted by atomic mass is 9.92. The van der Waals surface area contributed by atoms with Crippen LogP contribution in [0.15, 0.2) is 28.8 Å². The molecule has 2 heterocycles. The van der Waals surface area contributed by atoms with Gasteiger partial charge in [-0.15, -0.1) is 0 Å². The highest BCUT2D eigenvalue weighted by molar-refractivity contribution is 5.79. The number of carbonyl (C=O) groups excluding carboxylic acids is 1. The fraction of sp³-hybridized carbons (Fsp3) is 0.357. The first-order valence-corrected chi connectivity index (χ1v) is 6.81. The van der Waals surface area contributed by atoms with E-state index >= 15 is 0 Å². The van der Waals surface area contributed by atoms with Crippen LogP contribution < -0.4 is 16.4 Å². The van der Waals surface area contributed by atoms with Gasteiger partial charge in [-0.05, 0) is 18.1 Å². The van der Waals surface area contributed by atoms with Crippen molar-refractivity contribution in [3.8, 4) is 0 Å². The van der Waals surface area contributed by atoms with Crippen molar-refractivity contribution in [2.24, 2.45) is 17.4 Å². The Hall–Kier alpha value is -2.41. The number of nitrogens with zero attached hydrogens (tertiary/aromatic N) is 3. The molecule has 7 heteroatoms. The van der Waals surface area contributed by atoms with Crippen molar-refractivity contribution in [1.29, 1.82) is 0 Å². The number of primary amides is 1. The maximum Gasteiger partial charge on any atom is 0.240 e. The van der Waals surface area contributed by atoms with Crippen molar-refractivity contribution < 1.29 is 9.32 Å². The maximum atomic E-state index is 11.5. The third-order valence-electron chi connectivity index (χ3n) is 3.66. The normalized spacial score (nSPS) is 17.6. The summed E-state index contributed by atoms with van der Waals surface area (Å²) in [4.78, 5) is 17.8. The van der Waals surface area contributed by atoms with E-state index in [0.717, 1.165) is 11.3 Å². The quantitative estimate of drug-likeness (QED) is 0.830. The fourth-order valence-electron chi connectivity index (χ4n) is 2.63. The second-order valence-corrected chi connectivity index (χ2v) is 5.12. The Balaban J connectivity index is 1.87. The zero-order valence-corrected chi connectivity index (χ0v) is 11.5. The highest BCUT2D eigenvalue weighted by atomic mass is 16.5. The van der Waals surface area contributed by atoms with Crippen LogP contribution in [-0.4, -0.2) is 22.6 Å². The first kappa shape index (κ1) is 13.6. The molecule has 0 bridgehead atoms. The molecule has 1 atom stereocenters. The molecule has 0 radical (unpaired) electrons. The molecule has 21 heavy (non-hydrogen) atoms. The number of hydrogen-bond donors (Lipinski definition) is 2. The van der Waals surface area contributed by atoms with Crippen molar-refractivity contribution >= 4 is 11.6 Å². The molecule has 3 rings (SSSR count). The zero-order chi connectivity index (χ0) is 14.8. The minimum atomic E-state index is -0.287. The average molecular weight is 287 g/mol. The SMILES string of the molecule is NCc1nc(CN2CC(C(N)=O)Cc3ccccc32)no1. The summed E-state index contributed by atoms with van der Waals surface area (Å²) in [5.41, 5.74) is 13.1. The van der Waals surface area contributed by atoms with E-state index in [-0.39, 0.29) is 18.4 Å². The standard InChI is InChI=1S/C14H17N5O2/c15-6-13-17-12(18-21-13)8-19-7-10(14(16)20)5-9-3-1-2-4-11(9)19/h1-4,10H,5-8,15H2,(H2,16,20). The Kier molecular flexibility index (Phi) is 3.57. The number of amides is 1. The minimum Gasteiger partial charge on any atom is -0.369 e. The van der Waals surface area contributed by atoms with E-state index < -0.39 is 0 Å². The highest BCUT2D eigenvalue weighted by Gasteiger charge is 2.28. The number of benzene rings is 1. The summed E-state index contributed by atoms with van der Waals surface area (Å²) in [6, 6.07) is 7.97. The molecule has 0 fully saturated rings. The molecule has 1 aromatic carbocycles. The second kappa shape index (κ2) is 5.53. The van der Waals surface area contributed by atoms with E-state index in [4.69, 9.17) is 16.0 Å². The number of rotatable bonds is 4. The lowest BCUT2D eigenvalue weighted by Crippen LogP contribution is -2.41. The summed E-state index contributed by atoms with van der Waals surface area (Å²) >= 11 is 0. The molecule has 1 aromatic heterocycles. The topological polar surface area (TPSA) is 111 Å². The molecule has 2 aromatic rings. The molecular weight excluding hydrogens is 270 g/mol. The third-order valence-corrected chi connectivity index (χ3v) is 3.66. The summed E-state index contributed by atoms with van der Waals surface area (Å²) in [6.07, 6.45) is 0.669. The Bertz CT molecular complexity index is 654. The van der Waals surface area contributed by atoms with Crippen LogP contribution in [0.2, 0.25) is 0 Å². The van der Waals surface area contributed by atoms with Gasteiger partial charge in [-0.1, -0.05) is 23.4 Å². The summed E-state index contributed by atoms with van der Waals surface area (Å²) < 4.78 is 5.01. The number of para-hydroxylation sites is 1. The summed E-state index contributed by atoms with van der Waals surface area (Å²) in [6.45, 7) is 1.23.